The monoisotopic (exact) mass is 407 g/mol. The van der Waals surface area contributed by atoms with E-state index in [1.54, 1.807) is 17.1 Å². The SMILES string of the molecule is CC(Cn1cc(Cl)cn1)C(=O)N1CCCN(Cc2ncc(C(C)(C)C)o2)CC1. The van der Waals surface area contributed by atoms with Gasteiger partial charge in [-0.15, -0.1) is 0 Å². The number of nitrogens with zero attached hydrogens (tertiary/aromatic N) is 5. The van der Waals surface area contributed by atoms with Crippen LogP contribution in [0.5, 0.6) is 0 Å². The molecule has 8 heteroatoms. The number of rotatable bonds is 5. The van der Waals surface area contributed by atoms with Crippen LogP contribution >= 0.6 is 11.6 Å². The zero-order valence-electron chi connectivity index (χ0n) is 17.2. The third-order valence-corrected chi connectivity index (χ3v) is 5.23. The van der Waals surface area contributed by atoms with Gasteiger partial charge in [-0.25, -0.2) is 4.98 Å². The molecular formula is C20H30ClN5O2. The first kappa shape index (κ1) is 20.9. The summed E-state index contributed by atoms with van der Waals surface area (Å²) in [5, 5.41) is 4.76. The van der Waals surface area contributed by atoms with E-state index in [1.165, 1.54) is 0 Å². The predicted octanol–water partition coefficient (Wildman–Crippen LogP) is 3.19. The van der Waals surface area contributed by atoms with Crippen LogP contribution in [-0.2, 0) is 23.3 Å². The molecule has 0 saturated carbocycles. The van der Waals surface area contributed by atoms with Crippen LogP contribution < -0.4 is 0 Å². The van der Waals surface area contributed by atoms with Crippen LogP contribution in [0.4, 0.5) is 0 Å². The van der Waals surface area contributed by atoms with Gasteiger partial charge in [0.15, 0.2) is 0 Å². The number of aromatic nitrogens is 3. The van der Waals surface area contributed by atoms with Gasteiger partial charge in [0.2, 0.25) is 11.8 Å². The highest BCUT2D eigenvalue weighted by molar-refractivity contribution is 6.30. The van der Waals surface area contributed by atoms with Gasteiger partial charge in [-0.2, -0.15) is 5.10 Å². The first-order valence-corrected chi connectivity index (χ1v) is 10.2. The van der Waals surface area contributed by atoms with Crippen LogP contribution in [-0.4, -0.2) is 56.7 Å². The lowest BCUT2D eigenvalue weighted by atomic mass is 9.94. The molecule has 2 aromatic heterocycles. The number of carbonyl (C=O) groups is 1. The van der Waals surface area contributed by atoms with Crippen molar-refractivity contribution in [2.45, 2.75) is 52.6 Å². The molecule has 0 spiro atoms. The molecule has 28 heavy (non-hydrogen) atoms. The van der Waals surface area contributed by atoms with Crippen molar-refractivity contribution in [3.05, 3.63) is 35.3 Å². The van der Waals surface area contributed by atoms with Crippen molar-refractivity contribution < 1.29 is 9.21 Å². The number of carbonyl (C=O) groups excluding carboxylic acids is 1. The van der Waals surface area contributed by atoms with Crippen molar-refractivity contribution in [2.75, 3.05) is 26.2 Å². The molecule has 1 saturated heterocycles. The van der Waals surface area contributed by atoms with Crippen LogP contribution in [0, 0.1) is 5.92 Å². The van der Waals surface area contributed by atoms with Gasteiger partial charge in [-0.1, -0.05) is 39.3 Å². The molecule has 7 nitrogen and oxygen atoms in total. The summed E-state index contributed by atoms with van der Waals surface area (Å²) in [6.45, 7) is 12.8. The Balaban J connectivity index is 1.52. The van der Waals surface area contributed by atoms with Crippen LogP contribution in [0.3, 0.4) is 0 Å². The first-order valence-electron chi connectivity index (χ1n) is 9.86. The summed E-state index contributed by atoms with van der Waals surface area (Å²) < 4.78 is 7.65. The lowest BCUT2D eigenvalue weighted by molar-refractivity contribution is -0.135. The molecule has 1 unspecified atom stereocenters. The minimum atomic E-state index is -0.136. The van der Waals surface area contributed by atoms with Gasteiger partial charge in [-0.3, -0.25) is 14.4 Å². The smallest absolute Gasteiger partial charge is 0.227 e. The zero-order chi connectivity index (χ0) is 20.3. The summed E-state index contributed by atoms with van der Waals surface area (Å²) in [5.74, 6) is 1.68. The number of amides is 1. The first-order chi connectivity index (χ1) is 13.2. The molecule has 0 aliphatic carbocycles. The number of hydrogen-bond donors (Lipinski definition) is 0. The largest absolute Gasteiger partial charge is 0.444 e. The van der Waals surface area contributed by atoms with Gasteiger partial charge in [0.25, 0.3) is 0 Å². The lowest BCUT2D eigenvalue weighted by Crippen LogP contribution is -2.39. The topological polar surface area (TPSA) is 67.4 Å². The Morgan fingerprint density at radius 2 is 2.04 bits per heavy atom. The molecule has 0 N–H and O–H groups in total. The Kier molecular flexibility index (Phi) is 6.45. The second-order valence-corrected chi connectivity index (χ2v) is 9.04. The van der Waals surface area contributed by atoms with Crippen molar-refractivity contribution in [2.24, 2.45) is 5.92 Å². The standard InChI is InChI=1S/C20H30ClN5O2/c1-15(12-26-13-16(21)10-23-26)19(27)25-7-5-6-24(8-9-25)14-18-22-11-17(28-18)20(2,3)4/h10-11,13,15H,5-9,12,14H2,1-4H3. The minimum Gasteiger partial charge on any atom is -0.444 e. The molecule has 1 aliphatic heterocycles. The molecule has 1 amide bonds. The van der Waals surface area contributed by atoms with Gasteiger partial charge >= 0.3 is 0 Å². The van der Waals surface area contributed by atoms with E-state index in [0.717, 1.165) is 44.3 Å². The van der Waals surface area contributed by atoms with Gasteiger partial charge < -0.3 is 9.32 Å². The molecule has 0 bridgehead atoms. The van der Waals surface area contributed by atoms with Crippen LogP contribution in [0.2, 0.25) is 5.02 Å². The minimum absolute atomic E-state index is 0.0395. The van der Waals surface area contributed by atoms with E-state index < -0.39 is 0 Å². The van der Waals surface area contributed by atoms with Crippen LogP contribution in [0.15, 0.2) is 23.0 Å². The molecule has 3 rings (SSSR count). The summed E-state index contributed by atoms with van der Waals surface area (Å²) in [6.07, 6.45) is 6.11. The van der Waals surface area contributed by atoms with Crippen LogP contribution in [0.25, 0.3) is 0 Å². The van der Waals surface area contributed by atoms with Gasteiger partial charge in [0.1, 0.15) is 5.76 Å². The fraction of sp³-hybridized carbons (Fsp3) is 0.650. The molecule has 2 aromatic rings. The highest BCUT2D eigenvalue weighted by atomic mass is 35.5. The molecule has 0 aromatic carbocycles. The highest BCUT2D eigenvalue weighted by Crippen LogP contribution is 2.23. The zero-order valence-corrected chi connectivity index (χ0v) is 17.9. The fourth-order valence-electron chi connectivity index (χ4n) is 3.38. The maximum absolute atomic E-state index is 12.8. The Labute approximate surface area is 171 Å². The molecule has 1 fully saturated rings. The summed E-state index contributed by atoms with van der Waals surface area (Å²) in [6, 6.07) is 0. The molecule has 0 radical (unpaired) electrons. The average molecular weight is 408 g/mol. The van der Waals surface area contributed by atoms with Crippen LogP contribution in [0.1, 0.15) is 45.8 Å². The maximum atomic E-state index is 12.8. The second-order valence-electron chi connectivity index (χ2n) is 8.60. The van der Waals surface area contributed by atoms with Gasteiger partial charge in [0, 0.05) is 37.8 Å². The third kappa shape index (κ3) is 5.35. The van der Waals surface area contributed by atoms with Crippen molar-refractivity contribution in [1.82, 2.24) is 24.6 Å². The molecular weight excluding hydrogens is 378 g/mol. The van der Waals surface area contributed by atoms with E-state index in [0.29, 0.717) is 18.1 Å². The van der Waals surface area contributed by atoms with E-state index in [2.05, 4.69) is 35.8 Å². The van der Waals surface area contributed by atoms with Crippen molar-refractivity contribution >= 4 is 17.5 Å². The molecule has 3 heterocycles. The highest BCUT2D eigenvalue weighted by Gasteiger charge is 2.25. The van der Waals surface area contributed by atoms with Gasteiger partial charge in [-0.05, 0) is 6.42 Å². The van der Waals surface area contributed by atoms with E-state index in [4.69, 9.17) is 16.0 Å². The molecule has 154 valence electrons. The van der Waals surface area contributed by atoms with Crippen molar-refractivity contribution in [3.63, 3.8) is 0 Å². The third-order valence-electron chi connectivity index (χ3n) is 5.04. The summed E-state index contributed by atoms with van der Waals surface area (Å²) >= 11 is 5.91. The summed E-state index contributed by atoms with van der Waals surface area (Å²) in [7, 11) is 0. The normalized spacial score (nSPS) is 17.5. The number of halogens is 1. The Hall–Kier alpha value is -1.86. The Morgan fingerprint density at radius 3 is 2.68 bits per heavy atom. The number of hydrogen-bond acceptors (Lipinski definition) is 5. The Bertz CT molecular complexity index is 795. The summed E-state index contributed by atoms with van der Waals surface area (Å²) in [5.41, 5.74) is -0.0395. The fourth-order valence-corrected chi connectivity index (χ4v) is 3.54. The average Bonchev–Trinajstić information content (AvgIpc) is 3.18. The molecule has 1 aliphatic rings. The van der Waals surface area contributed by atoms with E-state index >= 15 is 0 Å². The Morgan fingerprint density at radius 1 is 1.25 bits per heavy atom. The summed E-state index contributed by atoms with van der Waals surface area (Å²) in [4.78, 5) is 21.5. The number of oxazole rings is 1. The van der Waals surface area contributed by atoms with E-state index in [1.807, 2.05) is 18.0 Å². The quantitative estimate of drug-likeness (QED) is 0.761. The van der Waals surface area contributed by atoms with E-state index in [9.17, 15) is 4.79 Å². The maximum Gasteiger partial charge on any atom is 0.227 e. The van der Waals surface area contributed by atoms with Gasteiger partial charge in [0.05, 0.1) is 36.4 Å². The lowest BCUT2D eigenvalue weighted by Gasteiger charge is -2.24. The van der Waals surface area contributed by atoms with Crippen molar-refractivity contribution in [3.8, 4) is 0 Å². The van der Waals surface area contributed by atoms with Crippen molar-refractivity contribution in [1.29, 1.82) is 0 Å². The predicted molar refractivity (Wildman–Crippen MR) is 108 cm³/mol. The van der Waals surface area contributed by atoms with E-state index in [-0.39, 0.29) is 17.2 Å². The molecule has 1 atom stereocenters. The second kappa shape index (κ2) is 8.66.